The Labute approximate surface area is 198 Å². The lowest BCUT2D eigenvalue weighted by Gasteiger charge is -2.15. The van der Waals surface area contributed by atoms with E-state index in [-0.39, 0.29) is 28.1 Å². The number of aromatic nitrogens is 3. The van der Waals surface area contributed by atoms with Gasteiger partial charge in [0.05, 0.1) is 32.4 Å². The van der Waals surface area contributed by atoms with Gasteiger partial charge in [0, 0.05) is 6.20 Å². The fourth-order valence-corrected chi connectivity index (χ4v) is 4.37. The minimum Gasteiger partial charge on any atom is -0.309 e. The van der Waals surface area contributed by atoms with Crippen LogP contribution < -0.4 is 10.9 Å². The number of thioether (sulfide) groups is 1. The summed E-state index contributed by atoms with van der Waals surface area (Å²) >= 11 is 13.4. The summed E-state index contributed by atoms with van der Waals surface area (Å²) in [5, 5.41) is 4.34. The van der Waals surface area contributed by atoms with E-state index < -0.39 is 0 Å². The molecule has 1 N–H and O–H groups in total. The molecule has 2 aromatic heterocycles. The molecule has 0 saturated heterocycles. The van der Waals surface area contributed by atoms with Crippen LogP contribution in [0.4, 0.5) is 5.82 Å². The number of carbonyl (C=O) groups excluding carboxylic acids is 1. The molecule has 32 heavy (non-hydrogen) atoms. The zero-order chi connectivity index (χ0) is 22.8. The largest absolute Gasteiger partial charge is 0.309 e. The molecule has 2 aromatic carbocycles. The first-order chi connectivity index (χ1) is 15.4. The second kappa shape index (κ2) is 9.32. The molecule has 4 rings (SSSR count). The standard InChI is InChI=1S/C23H18Cl2N4O2S/c1-13-7-3-6-10-18(13)29-22(31)15-8-4-5-9-17(15)27-23(29)32-12-19(30)28-21-20(25)14(2)16(24)11-26-21/h3-11H,12H2,1-2H3,(H,26,28,30). The van der Waals surface area contributed by atoms with Crippen LogP contribution >= 0.6 is 35.0 Å². The van der Waals surface area contributed by atoms with Crippen molar-refractivity contribution in [1.29, 1.82) is 0 Å². The molecule has 0 bridgehead atoms. The SMILES string of the molecule is Cc1ccccc1-n1c(SCC(=O)Nc2ncc(Cl)c(C)c2Cl)nc2ccccc2c1=O. The molecule has 162 valence electrons. The van der Waals surface area contributed by atoms with Crippen molar-refractivity contribution in [3.05, 3.63) is 86.3 Å². The summed E-state index contributed by atoms with van der Waals surface area (Å²) in [4.78, 5) is 34.7. The average molecular weight is 485 g/mol. The van der Waals surface area contributed by atoms with E-state index in [0.717, 1.165) is 23.0 Å². The van der Waals surface area contributed by atoms with Crippen LogP contribution in [0.25, 0.3) is 16.6 Å². The molecule has 0 aliphatic heterocycles. The summed E-state index contributed by atoms with van der Waals surface area (Å²) in [7, 11) is 0. The summed E-state index contributed by atoms with van der Waals surface area (Å²) in [6.45, 7) is 3.67. The van der Waals surface area contributed by atoms with Gasteiger partial charge in [-0.15, -0.1) is 0 Å². The molecule has 6 nitrogen and oxygen atoms in total. The number of nitrogens with zero attached hydrogens (tertiary/aromatic N) is 3. The van der Waals surface area contributed by atoms with Crippen molar-refractivity contribution >= 4 is 57.6 Å². The number of halogens is 2. The molecule has 0 spiro atoms. The molecule has 0 aliphatic rings. The van der Waals surface area contributed by atoms with Gasteiger partial charge in [0.2, 0.25) is 5.91 Å². The molecule has 1 amide bonds. The number of nitrogens with one attached hydrogen (secondary N) is 1. The van der Waals surface area contributed by atoms with Crippen LogP contribution in [-0.2, 0) is 4.79 Å². The molecule has 9 heteroatoms. The number of para-hydroxylation sites is 2. The number of anilines is 1. The number of pyridine rings is 1. The fourth-order valence-electron chi connectivity index (χ4n) is 3.18. The van der Waals surface area contributed by atoms with Crippen molar-refractivity contribution in [2.75, 3.05) is 11.1 Å². The van der Waals surface area contributed by atoms with Crippen molar-refractivity contribution < 1.29 is 4.79 Å². The van der Waals surface area contributed by atoms with Crippen molar-refractivity contribution in [1.82, 2.24) is 14.5 Å². The maximum atomic E-state index is 13.3. The van der Waals surface area contributed by atoms with E-state index in [1.165, 1.54) is 6.20 Å². The van der Waals surface area contributed by atoms with Crippen LogP contribution in [0.1, 0.15) is 11.1 Å². The van der Waals surface area contributed by atoms with Gasteiger partial charge in [-0.1, -0.05) is 65.3 Å². The first-order valence-electron chi connectivity index (χ1n) is 9.68. The van der Waals surface area contributed by atoms with Gasteiger partial charge >= 0.3 is 0 Å². The first kappa shape index (κ1) is 22.3. The zero-order valence-corrected chi connectivity index (χ0v) is 19.6. The smallest absolute Gasteiger partial charge is 0.266 e. The highest BCUT2D eigenvalue weighted by Gasteiger charge is 2.17. The van der Waals surface area contributed by atoms with Gasteiger partial charge in [0.15, 0.2) is 11.0 Å². The van der Waals surface area contributed by atoms with E-state index in [0.29, 0.717) is 26.6 Å². The molecule has 2 heterocycles. The summed E-state index contributed by atoms with van der Waals surface area (Å²) in [6, 6.07) is 14.7. The van der Waals surface area contributed by atoms with Crippen LogP contribution in [0, 0.1) is 13.8 Å². The Morgan fingerprint density at radius 2 is 1.81 bits per heavy atom. The van der Waals surface area contributed by atoms with Crippen molar-refractivity contribution in [3.8, 4) is 5.69 Å². The Morgan fingerprint density at radius 3 is 2.59 bits per heavy atom. The van der Waals surface area contributed by atoms with Gasteiger partial charge in [-0.2, -0.15) is 0 Å². The van der Waals surface area contributed by atoms with Crippen LogP contribution in [0.5, 0.6) is 0 Å². The number of hydrogen-bond donors (Lipinski definition) is 1. The highest BCUT2D eigenvalue weighted by molar-refractivity contribution is 7.99. The molecule has 0 aliphatic carbocycles. The first-order valence-corrected chi connectivity index (χ1v) is 11.4. The van der Waals surface area contributed by atoms with Gasteiger partial charge in [-0.3, -0.25) is 14.2 Å². The van der Waals surface area contributed by atoms with E-state index in [2.05, 4.69) is 15.3 Å². The second-order valence-corrected chi connectivity index (χ2v) is 8.80. The lowest BCUT2D eigenvalue weighted by molar-refractivity contribution is -0.113. The summed E-state index contributed by atoms with van der Waals surface area (Å²) in [5.41, 5.74) is 2.66. The Kier molecular flexibility index (Phi) is 6.50. The fraction of sp³-hybridized carbons (Fsp3) is 0.130. The van der Waals surface area contributed by atoms with Gasteiger partial charge in [0.1, 0.15) is 0 Å². The van der Waals surface area contributed by atoms with E-state index in [9.17, 15) is 9.59 Å². The van der Waals surface area contributed by atoms with Crippen LogP contribution in [-0.4, -0.2) is 26.2 Å². The minimum absolute atomic E-state index is 0.0103. The lowest BCUT2D eigenvalue weighted by atomic mass is 10.2. The molecule has 0 saturated carbocycles. The molecule has 0 radical (unpaired) electrons. The van der Waals surface area contributed by atoms with E-state index in [1.807, 2.05) is 37.3 Å². The van der Waals surface area contributed by atoms with Gasteiger partial charge in [-0.25, -0.2) is 9.97 Å². The Morgan fingerprint density at radius 1 is 1.09 bits per heavy atom. The maximum Gasteiger partial charge on any atom is 0.266 e. The highest BCUT2D eigenvalue weighted by Crippen LogP contribution is 2.29. The number of carbonyl (C=O) groups is 1. The van der Waals surface area contributed by atoms with E-state index >= 15 is 0 Å². The van der Waals surface area contributed by atoms with Crippen LogP contribution in [0.2, 0.25) is 10.0 Å². The third-order valence-electron chi connectivity index (χ3n) is 4.89. The lowest BCUT2D eigenvalue weighted by Crippen LogP contribution is -2.23. The predicted octanol–water partition coefficient (Wildman–Crippen LogP) is 5.44. The van der Waals surface area contributed by atoms with Crippen molar-refractivity contribution in [2.45, 2.75) is 19.0 Å². The number of hydrogen-bond acceptors (Lipinski definition) is 5. The molecule has 0 atom stereocenters. The van der Waals surface area contributed by atoms with E-state index in [4.69, 9.17) is 23.2 Å². The quantitative estimate of drug-likeness (QED) is 0.301. The molecular weight excluding hydrogens is 467 g/mol. The summed E-state index contributed by atoms with van der Waals surface area (Å²) in [5.74, 6) is -0.0807. The van der Waals surface area contributed by atoms with Gasteiger partial charge < -0.3 is 5.32 Å². The van der Waals surface area contributed by atoms with Crippen LogP contribution in [0.15, 0.2) is 64.7 Å². The number of benzene rings is 2. The van der Waals surface area contributed by atoms with Crippen LogP contribution in [0.3, 0.4) is 0 Å². The number of rotatable bonds is 5. The number of aryl methyl sites for hydroxylation is 1. The Balaban J connectivity index is 1.68. The van der Waals surface area contributed by atoms with Gasteiger partial charge in [-0.05, 0) is 43.2 Å². The predicted molar refractivity (Wildman–Crippen MR) is 130 cm³/mol. The second-order valence-electron chi connectivity index (χ2n) is 7.07. The maximum absolute atomic E-state index is 13.3. The van der Waals surface area contributed by atoms with Crippen molar-refractivity contribution in [2.24, 2.45) is 0 Å². The normalized spacial score (nSPS) is 11.0. The third kappa shape index (κ3) is 4.37. The van der Waals surface area contributed by atoms with Crippen molar-refractivity contribution in [3.63, 3.8) is 0 Å². The average Bonchev–Trinajstić information content (AvgIpc) is 2.79. The molecule has 0 unspecified atom stereocenters. The topological polar surface area (TPSA) is 76.9 Å². The number of fused-ring (bicyclic) bond motifs is 1. The Hall–Kier alpha value is -2.87. The summed E-state index contributed by atoms with van der Waals surface area (Å²) in [6.07, 6.45) is 1.44. The molecular formula is C23H18Cl2N4O2S. The number of amides is 1. The van der Waals surface area contributed by atoms with Gasteiger partial charge in [0.25, 0.3) is 5.56 Å². The minimum atomic E-state index is -0.329. The third-order valence-corrected chi connectivity index (χ3v) is 6.68. The highest BCUT2D eigenvalue weighted by atomic mass is 35.5. The monoisotopic (exact) mass is 484 g/mol. The zero-order valence-electron chi connectivity index (χ0n) is 17.2. The molecule has 4 aromatic rings. The Bertz CT molecular complexity index is 1400. The molecule has 0 fully saturated rings. The summed E-state index contributed by atoms with van der Waals surface area (Å²) < 4.78 is 1.55. The van der Waals surface area contributed by atoms with E-state index in [1.54, 1.807) is 29.7 Å².